The van der Waals surface area contributed by atoms with Gasteiger partial charge in [0.1, 0.15) is 17.9 Å². The van der Waals surface area contributed by atoms with Crippen LogP contribution in [0.4, 0.5) is 0 Å². The van der Waals surface area contributed by atoms with Crippen LogP contribution in [0.3, 0.4) is 0 Å². The van der Waals surface area contributed by atoms with Crippen molar-refractivity contribution < 1.29 is 22.7 Å². The normalized spacial score (nSPS) is 24.6. The van der Waals surface area contributed by atoms with E-state index in [1.54, 1.807) is 17.0 Å². The minimum Gasteiger partial charge on any atom is -0.487 e. The van der Waals surface area contributed by atoms with Crippen molar-refractivity contribution in [2.75, 3.05) is 19.3 Å². The van der Waals surface area contributed by atoms with Crippen LogP contribution in [0.15, 0.2) is 60.8 Å². The molecule has 0 bridgehead atoms. The van der Waals surface area contributed by atoms with Crippen molar-refractivity contribution in [1.82, 2.24) is 19.8 Å². The first-order chi connectivity index (χ1) is 17.7. The van der Waals surface area contributed by atoms with Gasteiger partial charge in [-0.05, 0) is 48.6 Å². The van der Waals surface area contributed by atoms with E-state index in [-0.39, 0.29) is 17.9 Å². The Balaban J connectivity index is 1.32. The second-order valence-corrected chi connectivity index (χ2v) is 11.8. The molecule has 0 aromatic heterocycles. The standard InChI is InChI=1S/C27H32N4O5S/c1-18-8-11-24(26(32)28-18)31-16-20-14-21(9-10-22(20)27(31)33)36-25-17-30(15-19-6-4-3-5-7-19)13-12-23(25)29-37(2,34)35/h3-7,9-10,14,23-25,29H,1,8,11-13,15-17H2,2H3,(H,28,32). The molecule has 2 saturated heterocycles. The number of nitrogens with one attached hydrogen (secondary N) is 2. The summed E-state index contributed by atoms with van der Waals surface area (Å²) in [6, 6.07) is 14.6. The van der Waals surface area contributed by atoms with Crippen molar-refractivity contribution >= 4 is 21.8 Å². The summed E-state index contributed by atoms with van der Waals surface area (Å²) in [4.78, 5) is 29.4. The number of allylic oxidation sites excluding steroid dienone is 1. The van der Waals surface area contributed by atoms with Crippen LogP contribution in [0.2, 0.25) is 0 Å². The lowest BCUT2D eigenvalue weighted by Crippen LogP contribution is -2.55. The lowest BCUT2D eigenvalue weighted by atomic mass is 10.0. The number of carbonyl (C=O) groups excluding carboxylic acids is 2. The fourth-order valence-corrected chi connectivity index (χ4v) is 6.19. The zero-order valence-electron chi connectivity index (χ0n) is 20.9. The number of piperidine rings is 2. The number of ether oxygens (including phenoxy) is 1. The Morgan fingerprint density at radius 3 is 2.65 bits per heavy atom. The van der Waals surface area contributed by atoms with Crippen LogP contribution in [0.1, 0.15) is 40.7 Å². The highest BCUT2D eigenvalue weighted by Gasteiger charge is 2.39. The van der Waals surface area contributed by atoms with E-state index in [0.29, 0.717) is 49.4 Å². The summed E-state index contributed by atoms with van der Waals surface area (Å²) in [5.41, 5.74) is 3.21. The molecule has 3 atom stereocenters. The maximum atomic E-state index is 13.0. The van der Waals surface area contributed by atoms with Crippen molar-refractivity contribution in [3.8, 4) is 5.75 Å². The van der Waals surface area contributed by atoms with E-state index in [2.05, 4.69) is 33.7 Å². The van der Waals surface area contributed by atoms with Gasteiger partial charge in [-0.25, -0.2) is 13.1 Å². The number of likely N-dealkylation sites (tertiary alicyclic amines) is 1. The number of carbonyl (C=O) groups is 2. The minimum atomic E-state index is -3.41. The Labute approximate surface area is 217 Å². The molecule has 10 heteroatoms. The molecule has 3 heterocycles. The predicted octanol–water partition coefficient (Wildman–Crippen LogP) is 2.01. The van der Waals surface area contributed by atoms with Crippen LogP contribution >= 0.6 is 0 Å². The Kier molecular flexibility index (Phi) is 7.06. The predicted molar refractivity (Wildman–Crippen MR) is 139 cm³/mol. The average molecular weight is 525 g/mol. The zero-order chi connectivity index (χ0) is 26.2. The molecule has 5 rings (SSSR count). The highest BCUT2D eigenvalue weighted by molar-refractivity contribution is 7.88. The molecule has 3 aliphatic heterocycles. The summed E-state index contributed by atoms with van der Waals surface area (Å²) >= 11 is 0. The largest absolute Gasteiger partial charge is 0.487 e. The lowest BCUT2D eigenvalue weighted by Gasteiger charge is -2.38. The lowest BCUT2D eigenvalue weighted by molar-refractivity contribution is -0.126. The fourth-order valence-electron chi connectivity index (χ4n) is 5.37. The first kappa shape index (κ1) is 25.4. The number of hydrogen-bond donors (Lipinski definition) is 2. The summed E-state index contributed by atoms with van der Waals surface area (Å²) < 4.78 is 33.2. The SMILES string of the molecule is C=C1CCC(N2Cc3cc(OC4CN(Cc5ccccc5)CCC4NS(C)(=O)=O)ccc3C2=O)C(=O)N1. The third kappa shape index (κ3) is 5.87. The quantitative estimate of drug-likeness (QED) is 0.574. The Morgan fingerprint density at radius 2 is 1.92 bits per heavy atom. The Morgan fingerprint density at radius 1 is 1.14 bits per heavy atom. The number of amides is 2. The fraction of sp³-hybridized carbons (Fsp3) is 0.407. The molecule has 0 saturated carbocycles. The van der Waals surface area contributed by atoms with Gasteiger partial charge in [0.2, 0.25) is 15.9 Å². The molecule has 3 unspecified atom stereocenters. The summed E-state index contributed by atoms with van der Waals surface area (Å²) in [5, 5.41) is 2.75. The first-order valence-corrected chi connectivity index (χ1v) is 14.4. The smallest absolute Gasteiger partial charge is 0.255 e. The topological polar surface area (TPSA) is 108 Å². The number of benzene rings is 2. The van der Waals surface area contributed by atoms with Crippen LogP contribution in [0.25, 0.3) is 0 Å². The van der Waals surface area contributed by atoms with E-state index in [1.807, 2.05) is 24.3 Å². The Bertz CT molecular complexity index is 1310. The maximum Gasteiger partial charge on any atom is 0.255 e. The van der Waals surface area contributed by atoms with Gasteiger partial charge in [-0.2, -0.15) is 0 Å². The van der Waals surface area contributed by atoms with Gasteiger partial charge in [-0.1, -0.05) is 36.9 Å². The van der Waals surface area contributed by atoms with E-state index in [4.69, 9.17) is 4.74 Å². The first-order valence-electron chi connectivity index (χ1n) is 12.5. The molecular weight excluding hydrogens is 492 g/mol. The molecule has 9 nitrogen and oxygen atoms in total. The average Bonchev–Trinajstić information content (AvgIpc) is 3.16. The molecule has 0 radical (unpaired) electrons. The monoisotopic (exact) mass is 524 g/mol. The number of hydrogen-bond acceptors (Lipinski definition) is 6. The van der Waals surface area contributed by atoms with Crippen molar-refractivity contribution in [3.05, 3.63) is 77.5 Å². The number of nitrogens with zero attached hydrogens (tertiary/aromatic N) is 2. The van der Waals surface area contributed by atoms with E-state index in [1.165, 1.54) is 5.56 Å². The Hall–Kier alpha value is -3.21. The van der Waals surface area contributed by atoms with Gasteiger partial charge in [0.05, 0.1) is 12.3 Å². The van der Waals surface area contributed by atoms with Gasteiger partial charge >= 0.3 is 0 Å². The van der Waals surface area contributed by atoms with Gasteiger partial charge < -0.3 is 15.0 Å². The number of rotatable bonds is 7. The molecule has 37 heavy (non-hydrogen) atoms. The molecule has 2 fully saturated rings. The van der Waals surface area contributed by atoms with Gasteiger partial charge in [-0.3, -0.25) is 14.5 Å². The second kappa shape index (κ2) is 10.3. The summed E-state index contributed by atoms with van der Waals surface area (Å²) in [5.74, 6) is 0.198. The van der Waals surface area contributed by atoms with Crippen LogP contribution in [-0.2, 0) is 27.9 Å². The molecule has 0 aliphatic carbocycles. The van der Waals surface area contributed by atoms with Crippen molar-refractivity contribution in [1.29, 1.82) is 0 Å². The van der Waals surface area contributed by atoms with Gasteiger partial charge in [0.25, 0.3) is 5.91 Å². The van der Waals surface area contributed by atoms with Crippen molar-refractivity contribution in [2.24, 2.45) is 0 Å². The minimum absolute atomic E-state index is 0.169. The summed E-state index contributed by atoms with van der Waals surface area (Å²) in [6.07, 6.45) is 2.55. The molecule has 3 aliphatic rings. The van der Waals surface area contributed by atoms with E-state index in [0.717, 1.165) is 24.9 Å². The molecule has 2 amide bonds. The highest BCUT2D eigenvalue weighted by Crippen LogP contribution is 2.31. The molecule has 2 aromatic rings. The van der Waals surface area contributed by atoms with Crippen molar-refractivity contribution in [2.45, 2.75) is 50.5 Å². The van der Waals surface area contributed by atoms with Crippen LogP contribution in [0, 0.1) is 0 Å². The number of fused-ring (bicyclic) bond motifs is 1. The van der Waals surface area contributed by atoms with Crippen LogP contribution in [0.5, 0.6) is 5.75 Å². The molecule has 196 valence electrons. The summed E-state index contributed by atoms with van der Waals surface area (Å²) in [6.45, 7) is 6.17. The molecule has 2 N–H and O–H groups in total. The zero-order valence-corrected chi connectivity index (χ0v) is 21.7. The van der Waals surface area contributed by atoms with E-state index >= 15 is 0 Å². The van der Waals surface area contributed by atoms with Gasteiger partial charge in [-0.15, -0.1) is 0 Å². The van der Waals surface area contributed by atoms with Crippen molar-refractivity contribution in [3.63, 3.8) is 0 Å². The third-order valence-electron chi connectivity index (χ3n) is 7.15. The third-order valence-corrected chi connectivity index (χ3v) is 7.88. The van der Waals surface area contributed by atoms with Crippen LogP contribution in [-0.4, -0.2) is 67.6 Å². The second-order valence-electron chi connectivity index (χ2n) is 10.1. The molecule has 2 aromatic carbocycles. The van der Waals surface area contributed by atoms with Gasteiger partial charge in [0.15, 0.2) is 0 Å². The van der Waals surface area contributed by atoms with E-state index < -0.39 is 22.2 Å². The van der Waals surface area contributed by atoms with Gasteiger partial charge in [0, 0.05) is 37.4 Å². The number of sulfonamides is 1. The van der Waals surface area contributed by atoms with E-state index in [9.17, 15) is 18.0 Å². The molecular formula is C27H32N4O5S. The van der Waals surface area contributed by atoms with Crippen LogP contribution < -0.4 is 14.8 Å². The summed E-state index contributed by atoms with van der Waals surface area (Å²) in [7, 11) is -3.41. The highest BCUT2D eigenvalue weighted by atomic mass is 32.2. The maximum absolute atomic E-state index is 13.0. The molecule has 0 spiro atoms.